The van der Waals surface area contributed by atoms with E-state index in [0.29, 0.717) is 6.54 Å². The summed E-state index contributed by atoms with van der Waals surface area (Å²) in [5.74, 6) is -0.401. The molecule has 1 heterocycles. The average molecular weight is 174 g/mol. The van der Waals surface area contributed by atoms with Crippen molar-refractivity contribution in [2.75, 3.05) is 20.8 Å². The first kappa shape index (κ1) is 9.44. The number of nitrogens with one attached hydrogen (secondary N) is 1. The number of nitrogens with two attached hydrogens (primary N) is 1. The van der Waals surface area contributed by atoms with Crippen molar-refractivity contribution in [1.29, 1.82) is 0 Å². The number of hydrogen-bond donors (Lipinski definition) is 2. The number of ether oxygens (including phenoxy) is 2. The van der Waals surface area contributed by atoms with Crippen LogP contribution in [-0.2, 0) is 14.3 Å². The average Bonchev–Trinajstić information content (AvgIpc) is 2.46. The summed E-state index contributed by atoms with van der Waals surface area (Å²) in [5.41, 5.74) is 5.14. The molecular weight excluding hydrogens is 160 g/mol. The molecule has 1 saturated heterocycles. The normalized spacial score (nSPS) is 35.3. The largest absolute Gasteiger partial charge is 0.377 e. The summed E-state index contributed by atoms with van der Waals surface area (Å²) in [5, 5.41) is 2.93. The Labute approximate surface area is 71.2 Å². The Bertz CT molecular complexity index is 174. The molecule has 0 radical (unpaired) electrons. The van der Waals surface area contributed by atoms with E-state index in [4.69, 9.17) is 15.2 Å². The van der Waals surface area contributed by atoms with Crippen LogP contribution in [0.15, 0.2) is 0 Å². The third-order valence-corrected chi connectivity index (χ3v) is 2.12. The molecule has 0 aromatic heterocycles. The Balaban J connectivity index is 2.62. The fraction of sp³-hybridized carbons (Fsp3) is 0.857. The highest BCUT2D eigenvalue weighted by Crippen LogP contribution is 2.13. The van der Waals surface area contributed by atoms with Crippen molar-refractivity contribution in [3.63, 3.8) is 0 Å². The number of hydrogen-bond acceptors (Lipinski definition) is 4. The fourth-order valence-electron chi connectivity index (χ4n) is 1.46. The molecule has 1 rings (SSSR count). The highest BCUT2D eigenvalue weighted by Gasteiger charge is 2.39. The van der Waals surface area contributed by atoms with Gasteiger partial charge in [-0.25, -0.2) is 0 Å². The summed E-state index contributed by atoms with van der Waals surface area (Å²) < 4.78 is 10.2. The van der Waals surface area contributed by atoms with Crippen LogP contribution in [-0.4, -0.2) is 44.9 Å². The SMILES string of the molecule is CO[C@H]1[C@@H](OC)CN[C@@H]1C(N)=O. The Kier molecular flexibility index (Phi) is 3.02. The van der Waals surface area contributed by atoms with Gasteiger partial charge in [0.1, 0.15) is 12.1 Å². The third-order valence-electron chi connectivity index (χ3n) is 2.12. The molecule has 0 saturated carbocycles. The first-order chi connectivity index (χ1) is 5.70. The molecule has 3 N–H and O–H groups in total. The minimum absolute atomic E-state index is 0.0903. The molecule has 0 aromatic carbocycles. The molecule has 0 bridgehead atoms. The fourth-order valence-corrected chi connectivity index (χ4v) is 1.46. The van der Waals surface area contributed by atoms with E-state index in [1.54, 1.807) is 14.2 Å². The van der Waals surface area contributed by atoms with E-state index in [2.05, 4.69) is 5.32 Å². The number of carbonyl (C=O) groups excluding carboxylic acids is 1. The predicted octanol–water partition coefficient (Wildman–Crippen LogP) is -1.53. The topological polar surface area (TPSA) is 73.6 Å². The number of methoxy groups -OCH3 is 2. The first-order valence-electron chi connectivity index (χ1n) is 3.79. The lowest BCUT2D eigenvalue weighted by atomic mass is 10.1. The molecule has 1 aliphatic rings. The van der Waals surface area contributed by atoms with E-state index in [0.717, 1.165) is 0 Å². The Morgan fingerprint density at radius 2 is 2.17 bits per heavy atom. The van der Waals surface area contributed by atoms with Crippen molar-refractivity contribution in [3.8, 4) is 0 Å². The molecular formula is C7H14N2O3. The van der Waals surface area contributed by atoms with Crippen LogP contribution in [0.1, 0.15) is 0 Å². The van der Waals surface area contributed by atoms with Crippen molar-refractivity contribution in [2.24, 2.45) is 5.73 Å². The van der Waals surface area contributed by atoms with E-state index in [-0.39, 0.29) is 12.2 Å². The molecule has 1 amide bonds. The van der Waals surface area contributed by atoms with Gasteiger partial charge in [0.15, 0.2) is 0 Å². The molecule has 3 atom stereocenters. The number of rotatable bonds is 3. The van der Waals surface area contributed by atoms with Crippen LogP contribution >= 0.6 is 0 Å². The van der Waals surface area contributed by atoms with Crippen molar-refractivity contribution in [3.05, 3.63) is 0 Å². The van der Waals surface area contributed by atoms with Crippen molar-refractivity contribution >= 4 is 5.91 Å². The van der Waals surface area contributed by atoms with Gasteiger partial charge in [0.05, 0.1) is 6.10 Å². The van der Waals surface area contributed by atoms with Crippen LogP contribution in [0.4, 0.5) is 0 Å². The zero-order valence-electron chi connectivity index (χ0n) is 7.24. The summed E-state index contributed by atoms with van der Waals surface area (Å²) in [6, 6.07) is -0.431. The lowest BCUT2D eigenvalue weighted by molar-refractivity contribution is -0.123. The molecule has 0 aliphatic carbocycles. The monoisotopic (exact) mass is 174 g/mol. The van der Waals surface area contributed by atoms with Gasteiger partial charge in [-0.2, -0.15) is 0 Å². The Morgan fingerprint density at radius 1 is 1.50 bits per heavy atom. The quantitative estimate of drug-likeness (QED) is 0.544. The first-order valence-corrected chi connectivity index (χ1v) is 3.79. The van der Waals surface area contributed by atoms with Gasteiger partial charge in [0.2, 0.25) is 5.91 Å². The Morgan fingerprint density at radius 3 is 2.58 bits per heavy atom. The summed E-state index contributed by atoms with van der Waals surface area (Å²) in [7, 11) is 3.13. The van der Waals surface area contributed by atoms with Gasteiger partial charge >= 0.3 is 0 Å². The van der Waals surface area contributed by atoms with Crippen LogP contribution in [0.25, 0.3) is 0 Å². The molecule has 5 heteroatoms. The molecule has 5 nitrogen and oxygen atoms in total. The van der Waals surface area contributed by atoms with Crippen molar-refractivity contribution in [2.45, 2.75) is 18.2 Å². The van der Waals surface area contributed by atoms with Gasteiger partial charge in [-0.15, -0.1) is 0 Å². The van der Waals surface area contributed by atoms with Crippen molar-refractivity contribution < 1.29 is 14.3 Å². The molecule has 1 aliphatic heterocycles. The van der Waals surface area contributed by atoms with E-state index < -0.39 is 11.9 Å². The van der Waals surface area contributed by atoms with Gasteiger partial charge in [-0.3, -0.25) is 4.79 Å². The van der Waals surface area contributed by atoms with Crippen LogP contribution in [0.2, 0.25) is 0 Å². The number of carbonyl (C=O) groups is 1. The molecule has 0 unspecified atom stereocenters. The van der Waals surface area contributed by atoms with Crippen molar-refractivity contribution in [1.82, 2.24) is 5.32 Å². The third kappa shape index (κ3) is 1.57. The summed E-state index contributed by atoms with van der Waals surface area (Å²) >= 11 is 0. The second-order valence-electron chi connectivity index (χ2n) is 2.76. The van der Waals surface area contributed by atoms with E-state index >= 15 is 0 Å². The van der Waals surface area contributed by atoms with E-state index in [1.807, 2.05) is 0 Å². The van der Waals surface area contributed by atoms with Crippen LogP contribution in [0, 0.1) is 0 Å². The minimum Gasteiger partial charge on any atom is -0.377 e. The van der Waals surface area contributed by atoms with Gasteiger partial charge in [-0.1, -0.05) is 0 Å². The van der Waals surface area contributed by atoms with Gasteiger partial charge in [0, 0.05) is 20.8 Å². The standard InChI is InChI=1S/C7H14N2O3/c1-11-4-3-9-5(7(8)10)6(4)12-2/h4-6,9H,3H2,1-2H3,(H2,8,10)/t4-,5-,6-/m0/s1. The van der Waals surface area contributed by atoms with Gasteiger partial charge in [-0.05, 0) is 0 Å². The maximum Gasteiger partial charge on any atom is 0.237 e. The maximum atomic E-state index is 10.9. The molecule has 1 fully saturated rings. The smallest absolute Gasteiger partial charge is 0.237 e. The van der Waals surface area contributed by atoms with E-state index in [1.165, 1.54) is 0 Å². The minimum atomic E-state index is -0.431. The number of primary amides is 1. The molecule has 70 valence electrons. The zero-order chi connectivity index (χ0) is 9.14. The summed E-state index contributed by atoms with van der Waals surface area (Å²) in [4.78, 5) is 10.9. The lowest BCUT2D eigenvalue weighted by Crippen LogP contribution is -2.45. The van der Waals surface area contributed by atoms with Gasteiger partial charge in [0.25, 0.3) is 0 Å². The Hall–Kier alpha value is -0.650. The summed E-state index contributed by atoms with van der Waals surface area (Å²) in [6.45, 7) is 0.600. The van der Waals surface area contributed by atoms with Gasteiger partial charge < -0.3 is 20.5 Å². The maximum absolute atomic E-state index is 10.9. The van der Waals surface area contributed by atoms with Crippen LogP contribution in [0.5, 0.6) is 0 Å². The molecule has 12 heavy (non-hydrogen) atoms. The lowest BCUT2D eigenvalue weighted by Gasteiger charge is -2.18. The second-order valence-corrected chi connectivity index (χ2v) is 2.76. The highest BCUT2D eigenvalue weighted by atomic mass is 16.5. The van der Waals surface area contributed by atoms with E-state index in [9.17, 15) is 4.79 Å². The molecule has 0 aromatic rings. The zero-order valence-corrected chi connectivity index (χ0v) is 7.24. The number of amides is 1. The predicted molar refractivity (Wildman–Crippen MR) is 42.6 cm³/mol. The second kappa shape index (κ2) is 3.84. The highest BCUT2D eigenvalue weighted by molar-refractivity contribution is 5.81. The summed E-state index contributed by atoms with van der Waals surface area (Å²) in [6.07, 6.45) is -0.361. The van der Waals surface area contributed by atoms with Crippen LogP contribution < -0.4 is 11.1 Å². The van der Waals surface area contributed by atoms with Crippen LogP contribution in [0.3, 0.4) is 0 Å². The molecule has 0 spiro atoms.